The number of nitrogens with zero attached hydrogens (tertiary/aromatic N) is 3. The van der Waals surface area contributed by atoms with Gasteiger partial charge in [0.2, 0.25) is 0 Å². The number of hydrogen-bond acceptors (Lipinski definition) is 7. The first kappa shape index (κ1) is 27.2. The Balaban J connectivity index is 1.62. The predicted octanol–water partition coefficient (Wildman–Crippen LogP) is 5.54. The lowest BCUT2D eigenvalue weighted by atomic mass is 9.95. The molecule has 0 radical (unpaired) electrons. The van der Waals surface area contributed by atoms with Crippen LogP contribution in [-0.4, -0.2) is 31.2 Å². The summed E-state index contributed by atoms with van der Waals surface area (Å²) in [7, 11) is 3.91. The van der Waals surface area contributed by atoms with Gasteiger partial charge in [0.05, 0.1) is 33.5 Å². The third-order valence-electron chi connectivity index (χ3n) is 6.35. The molecule has 10 heteroatoms. The molecule has 0 unspecified atom stereocenters. The van der Waals surface area contributed by atoms with E-state index in [-0.39, 0.29) is 12.2 Å². The normalized spacial score (nSPS) is 15.2. The second kappa shape index (κ2) is 11.0. The molecule has 0 spiro atoms. The van der Waals surface area contributed by atoms with Crippen molar-refractivity contribution < 1.29 is 13.9 Å². The van der Waals surface area contributed by atoms with Crippen LogP contribution in [0.3, 0.4) is 0 Å². The molecule has 0 saturated carbocycles. The summed E-state index contributed by atoms with van der Waals surface area (Å²) in [6, 6.07) is 16.3. The number of allylic oxidation sites excluding steroid dienone is 1. The van der Waals surface area contributed by atoms with Gasteiger partial charge in [-0.15, -0.1) is 0 Å². The summed E-state index contributed by atoms with van der Waals surface area (Å²) >= 11 is 10.9. The minimum Gasteiger partial charge on any atom is -0.463 e. The topological polar surface area (TPSA) is 77.0 Å². The van der Waals surface area contributed by atoms with E-state index in [1.54, 1.807) is 30.6 Å². The molecule has 0 amide bonds. The summed E-state index contributed by atoms with van der Waals surface area (Å²) in [5, 5.41) is 0.574. The highest BCUT2D eigenvalue weighted by Gasteiger charge is 2.33. The van der Waals surface area contributed by atoms with Crippen molar-refractivity contribution in [1.82, 2.24) is 4.57 Å². The van der Waals surface area contributed by atoms with E-state index in [2.05, 4.69) is 20.9 Å². The van der Waals surface area contributed by atoms with Crippen LogP contribution in [0.4, 0.5) is 5.69 Å². The minimum absolute atomic E-state index is 0.219. The number of anilines is 1. The van der Waals surface area contributed by atoms with Gasteiger partial charge in [0.1, 0.15) is 11.5 Å². The van der Waals surface area contributed by atoms with Crippen molar-refractivity contribution in [1.29, 1.82) is 0 Å². The van der Waals surface area contributed by atoms with E-state index in [4.69, 9.17) is 20.8 Å². The Bertz CT molecular complexity index is 1780. The fourth-order valence-electron chi connectivity index (χ4n) is 4.43. The zero-order chi connectivity index (χ0) is 27.8. The van der Waals surface area contributed by atoms with Crippen LogP contribution in [0.1, 0.15) is 31.2 Å². The van der Waals surface area contributed by atoms with E-state index >= 15 is 0 Å². The molecule has 0 N–H and O–H groups in total. The molecule has 2 aromatic heterocycles. The molecular weight excluding hydrogens is 602 g/mol. The van der Waals surface area contributed by atoms with Crippen LogP contribution in [0.2, 0.25) is 5.02 Å². The largest absolute Gasteiger partial charge is 0.463 e. The van der Waals surface area contributed by atoms with Crippen molar-refractivity contribution in [3.8, 4) is 11.3 Å². The highest BCUT2D eigenvalue weighted by molar-refractivity contribution is 9.10. The number of carbonyl (C=O) groups excluding carboxylic acids is 1. The third kappa shape index (κ3) is 5.26. The lowest BCUT2D eigenvalue weighted by molar-refractivity contribution is -0.139. The van der Waals surface area contributed by atoms with Crippen molar-refractivity contribution in [2.75, 3.05) is 25.6 Å². The predicted molar refractivity (Wildman–Crippen MR) is 158 cm³/mol. The van der Waals surface area contributed by atoms with Crippen LogP contribution in [-0.2, 0) is 9.53 Å². The number of rotatable bonds is 6. The Kier molecular flexibility index (Phi) is 7.66. The molecular formula is C29H25BrClN3O4S. The molecule has 1 atom stereocenters. The van der Waals surface area contributed by atoms with Gasteiger partial charge in [0.15, 0.2) is 4.80 Å². The van der Waals surface area contributed by atoms with Gasteiger partial charge in [-0.05, 0) is 71.7 Å². The molecule has 7 nitrogen and oxygen atoms in total. The number of esters is 1. The maximum absolute atomic E-state index is 13.8. The molecule has 5 rings (SSSR count). The Morgan fingerprint density at radius 3 is 2.62 bits per heavy atom. The SMILES string of the molecule is CCOC(=O)C1=C(C)N=c2s/c(=C\c3ccc(-c4ccc(Br)c(Cl)c4)o3)c(=O)n2[C@H]1c1ccc(N(C)C)cc1. The summed E-state index contributed by atoms with van der Waals surface area (Å²) in [5.41, 5.74) is 3.22. The summed E-state index contributed by atoms with van der Waals surface area (Å²) in [6.07, 6.45) is 1.70. The van der Waals surface area contributed by atoms with Gasteiger partial charge in [-0.1, -0.05) is 41.1 Å². The van der Waals surface area contributed by atoms with E-state index in [9.17, 15) is 9.59 Å². The van der Waals surface area contributed by atoms with E-state index in [1.807, 2.05) is 67.5 Å². The van der Waals surface area contributed by atoms with Crippen LogP contribution in [0.15, 0.2) is 84.5 Å². The smallest absolute Gasteiger partial charge is 0.338 e. The van der Waals surface area contributed by atoms with E-state index in [0.717, 1.165) is 21.3 Å². The molecule has 0 saturated heterocycles. The first-order chi connectivity index (χ1) is 18.7. The molecule has 2 aromatic carbocycles. The van der Waals surface area contributed by atoms with Gasteiger partial charge >= 0.3 is 5.97 Å². The monoisotopic (exact) mass is 625 g/mol. The molecule has 1 aliphatic rings. The standard InChI is InChI=1S/C29H25BrClN3O4S/c1-5-37-28(36)25-16(2)32-29-34(26(25)17-6-9-19(10-7-17)33(3)4)27(35)24(39-29)15-20-11-13-23(38-20)18-8-12-21(30)22(31)14-18/h6-15,26H,5H2,1-4H3/b24-15-/t26-/m0/s1. The van der Waals surface area contributed by atoms with Crippen LogP contribution >= 0.6 is 38.9 Å². The molecule has 3 heterocycles. The van der Waals surface area contributed by atoms with Gasteiger partial charge in [-0.2, -0.15) is 0 Å². The Morgan fingerprint density at radius 1 is 1.21 bits per heavy atom. The average molecular weight is 627 g/mol. The zero-order valence-corrected chi connectivity index (χ0v) is 24.9. The number of aromatic nitrogens is 1. The van der Waals surface area contributed by atoms with Crippen LogP contribution < -0.4 is 19.8 Å². The maximum Gasteiger partial charge on any atom is 0.338 e. The van der Waals surface area contributed by atoms with Gasteiger partial charge < -0.3 is 14.1 Å². The number of thiazole rings is 1. The number of benzene rings is 2. The fraction of sp³-hybridized carbons (Fsp3) is 0.207. The highest BCUT2D eigenvalue weighted by Crippen LogP contribution is 2.32. The first-order valence-corrected chi connectivity index (χ1v) is 14.2. The third-order valence-corrected chi connectivity index (χ3v) is 8.56. The Morgan fingerprint density at radius 2 is 1.95 bits per heavy atom. The van der Waals surface area contributed by atoms with E-state index in [0.29, 0.717) is 37.1 Å². The first-order valence-electron chi connectivity index (χ1n) is 12.2. The summed E-state index contributed by atoms with van der Waals surface area (Å²) in [5.74, 6) is 0.656. The van der Waals surface area contributed by atoms with Crippen molar-refractivity contribution >= 4 is 56.6 Å². The summed E-state index contributed by atoms with van der Waals surface area (Å²) in [4.78, 5) is 34.0. The van der Waals surface area contributed by atoms with Gasteiger partial charge in [0.25, 0.3) is 5.56 Å². The van der Waals surface area contributed by atoms with Crippen LogP contribution in [0, 0.1) is 0 Å². The second-order valence-electron chi connectivity index (χ2n) is 9.12. The van der Waals surface area contributed by atoms with Gasteiger partial charge in [-0.25, -0.2) is 9.79 Å². The van der Waals surface area contributed by atoms with Crippen molar-refractivity contribution in [3.63, 3.8) is 0 Å². The second-order valence-corrected chi connectivity index (χ2v) is 11.4. The number of halogens is 2. The molecule has 1 aliphatic heterocycles. The maximum atomic E-state index is 13.8. The van der Waals surface area contributed by atoms with Crippen molar-refractivity contribution in [2.45, 2.75) is 19.9 Å². The number of ether oxygens (including phenoxy) is 1. The lowest BCUT2D eigenvalue weighted by Gasteiger charge is -2.25. The van der Waals surface area contributed by atoms with Crippen LogP contribution in [0.25, 0.3) is 17.4 Å². The molecule has 39 heavy (non-hydrogen) atoms. The number of hydrogen-bond donors (Lipinski definition) is 0. The fourth-order valence-corrected chi connectivity index (χ4v) is 5.88. The van der Waals surface area contributed by atoms with E-state index < -0.39 is 12.0 Å². The summed E-state index contributed by atoms with van der Waals surface area (Å²) in [6.45, 7) is 3.74. The lowest BCUT2D eigenvalue weighted by Crippen LogP contribution is -2.39. The Labute approximate surface area is 242 Å². The zero-order valence-electron chi connectivity index (χ0n) is 21.7. The highest BCUT2D eigenvalue weighted by atomic mass is 79.9. The van der Waals surface area contributed by atoms with Gasteiger partial charge in [-0.3, -0.25) is 9.36 Å². The van der Waals surface area contributed by atoms with Crippen molar-refractivity contribution in [2.24, 2.45) is 4.99 Å². The molecule has 0 fully saturated rings. The Hall–Kier alpha value is -3.40. The molecule has 0 aliphatic carbocycles. The number of fused-ring (bicyclic) bond motifs is 1. The minimum atomic E-state index is -0.671. The van der Waals surface area contributed by atoms with Gasteiger partial charge in [0, 0.05) is 35.9 Å². The summed E-state index contributed by atoms with van der Waals surface area (Å²) < 4.78 is 14.2. The molecule has 200 valence electrons. The van der Waals surface area contributed by atoms with E-state index in [1.165, 1.54) is 11.3 Å². The molecule has 0 bridgehead atoms. The average Bonchev–Trinajstić information content (AvgIpc) is 3.49. The van der Waals surface area contributed by atoms with Crippen molar-refractivity contribution in [3.05, 3.63) is 106 Å². The molecule has 4 aromatic rings. The van der Waals surface area contributed by atoms with Crippen LogP contribution in [0.5, 0.6) is 0 Å². The number of furan rings is 1. The number of carbonyl (C=O) groups is 1. The quantitative estimate of drug-likeness (QED) is 0.263.